The molecule has 2 aliphatic rings. The minimum absolute atomic E-state index is 0.000279. The Labute approximate surface area is 200 Å². The number of carbonyl (C=O) groups excluding carboxylic acids is 2. The van der Waals surface area contributed by atoms with E-state index in [0.717, 1.165) is 16.8 Å². The molecule has 1 heterocycles. The van der Waals surface area contributed by atoms with Gasteiger partial charge in [-0.25, -0.2) is 0 Å². The maximum absolute atomic E-state index is 13.6. The molecule has 1 N–H and O–H groups in total. The van der Waals surface area contributed by atoms with Crippen molar-refractivity contribution in [2.24, 2.45) is 16.8 Å². The van der Waals surface area contributed by atoms with Gasteiger partial charge in [0.15, 0.2) is 17.3 Å². The van der Waals surface area contributed by atoms with Crippen LogP contribution in [0.2, 0.25) is 0 Å². The largest absolute Gasteiger partial charge is 0.504 e. The number of rotatable bonds is 6. The number of ketones is 1. The number of esters is 1. The van der Waals surface area contributed by atoms with Crippen molar-refractivity contribution in [2.45, 2.75) is 45.4 Å². The number of methoxy groups -OCH3 is 1. The number of Topliss-reactive ketones (excluding diaryl/α,β-unsaturated/α-hetero) is 1. The number of hydrogen-bond acceptors (Lipinski definition) is 6. The standard InChI is InChI=1S/C28H31NO5/c1-16(2)15-34-28(32)25-17(3)29-21-12-20(18-8-6-5-7-9-18)13-23(31)27(21)26(25)19-10-11-22(30)24(14-19)33-4/h5-11,14,16,20,25-26,30H,12-13,15H2,1-4H3/t20-,25?,26-/m1/s1. The number of benzene rings is 2. The highest BCUT2D eigenvalue weighted by Gasteiger charge is 2.45. The van der Waals surface area contributed by atoms with Gasteiger partial charge in [0.1, 0.15) is 5.92 Å². The van der Waals surface area contributed by atoms with Crippen molar-refractivity contribution in [3.05, 3.63) is 70.9 Å². The van der Waals surface area contributed by atoms with E-state index < -0.39 is 17.8 Å². The fourth-order valence-electron chi connectivity index (χ4n) is 4.91. The zero-order chi connectivity index (χ0) is 24.4. The molecule has 6 nitrogen and oxygen atoms in total. The summed E-state index contributed by atoms with van der Waals surface area (Å²) in [4.78, 5) is 31.7. The molecule has 1 aliphatic heterocycles. The molecule has 1 unspecified atom stereocenters. The predicted molar refractivity (Wildman–Crippen MR) is 130 cm³/mol. The van der Waals surface area contributed by atoms with Gasteiger partial charge in [-0.15, -0.1) is 0 Å². The van der Waals surface area contributed by atoms with Crippen LogP contribution in [0, 0.1) is 11.8 Å². The van der Waals surface area contributed by atoms with Gasteiger partial charge < -0.3 is 14.6 Å². The number of ether oxygens (including phenoxy) is 2. The molecule has 0 aromatic heterocycles. The highest BCUT2D eigenvalue weighted by molar-refractivity contribution is 6.09. The summed E-state index contributed by atoms with van der Waals surface area (Å²) in [5.41, 5.74) is 3.75. The Bertz CT molecular complexity index is 1150. The first-order valence-corrected chi connectivity index (χ1v) is 11.7. The number of allylic oxidation sites excluding steroid dienone is 2. The average Bonchev–Trinajstić information content (AvgIpc) is 2.82. The zero-order valence-electron chi connectivity index (χ0n) is 20.1. The second-order valence-corrected chi connectivity index (χ2v) is 9.46. The molecule has 4 rings (SSSR count). The third-order valence-corrected chi connectivity index (χ3v) is 6.54. The number of hydrogen-bond donors (Lipinski definition) is 1. The smallest absolute Gasteiger partial charge is 0.315 e. The third kappa shape index (κ3) is 4.63. The van der Waals surface area contributed by atoms with Crippen LogP contribution in [0.5, 0.6) is 11.5 Å². The van der Waals surface area contributed by atoms with Crippen molar-refractivity contribution >= 4 is 17.5 Å². The van der Waals surface area contributed by atoms with Gasteiger partial charge in [-0.05, 0) is 48.4 Å². The normalized spacial score (nSPS) is 22.3. The minimum Gasteiger partial charge on any atom is -0.504 e. The monoisotopic (exact) mass is 461 g/mol. The molecule has 1 aliphatic carbocycles. The lowest BCUT2D eigenvalue weighted by atomic mass is 9.69. The Morgan fingerprint density at radius 3 is 2.53 bits per heavy atom. The summed E-state index contributed by atoms with van der Waals surface area (Å²) in [6.07, 6.45) is 0.985. The van der Waals surface area contributed by atoms with Crippen LogP contribution < -0.4 is 4.74 Å². The van der Waals surface area contributed by atoms with Crippen LogP contribution in [-0.4, -0.2) is 36.3 Å². The van der Waals surface area contributed by atoms with Crippen molar-refractivity contribution in [2.75, 3.05) is 13.7 Å². The topological polar surface area (TPSA) is 85.2 Å². The summed E-state index contributed by atoms with van der Waals surface area (Å²) in [5.74, 6) is -1.14. The van der Waals surface area contributed by atoms with Crippen molar-refractivity contribution in [1.29, 1.82) is 0 Å². The summed E-state index contributed by atoms with van der Waals surface area (Å²) in [6, 6.07) is 15.0. The molecule has 178 valence electrons. The van der Waals surface area contributed by atoms with Crippen molar-refractivity contribution in [3.63, 3.8) is 0 Å². The van der Waals surface area contributed by atoms with Crippen LogP contribution in [0.25, 0.3) is 0 Å². The molecule has 0 spiro atoms. The van der Waals surface area contributed by atoms with E-state index in [1.54, 1.807) is 12.1 Å². The number of phenols is 1. The minimum atomic E-state index is -0.719. The molecule has 0 bridgehead atoms. The maximum Gasteiger partial charge on any atom is 0.315 e. The summed E-state index contributed by atoms with van der Waals surface area (Å²) in [5, 5.41) is 10.1. The first-order chi connectivity index (χ1) is 16.3. The third-order valence-electron chi connectivity index (χ3n) is 6.54. The Morgan fingerprint density at radius 2 is 1.85 bits per heavy atom. The number of phenolic OH excluding ortho intramolecular Hbond substituents is 1. The van der Waals surface area contributed by atoms with E-state index in [9.17, 15) is 14.7 Å². The van der Waals surface area contributed by atoms with E-state index in [-0.39, 0.29) is 23.4 Å². The maximum atomic E-state index is 13.6. The van der Waals surface area contributed by atoms with Crippen LogP contribution in [0.1, 0.15) is 56.6 Å². The average molecular weight is 462 g/mol. The number of aliphatic imine (C=N–C) groups is 1. The van der Waals surface area contributed by atoms with Gasteiger partial charge in [0.2, 0.25) is 0 Å². The Kier molecular flexibility index (Phi) is 6.87. The van der Waals surface area contributed by atoms with Gasteiger partial charge in [0.25, 0.3) is 0 Å². The molecular weight excluding hydrogens is 430 g/mol. The summed E-state index contributed by atoms with van der Waals surface area (Å²) >= 11 is 0. The predicted octanol–water partition coefficient (Wildman–Crippen LogP) is 5.18. The van der Waals surface area contributed by atoms with Gasteiger partial charge in [-0.1, -0.05) is 50.2 Å². The van der Waals surface area contributed by atoms with Crippen LogP contribution in [0.4, 0.5) is 0 Å². The quantitative estimate of drug-likeness (QED) is 0.600. The molecular formula is C28H31NO5. The second-order valence-electron chi connectivity index (χ2n) is 9.46. The fourth-order valence-corrected chi connectivity index (χ4v) is 4.91. The highest BCUT2D eigenvalue weighted by atomic mass is 16.5. The van der Waals surface area contributed by atoms with E-state index in [2.05, 4.69) is 0 Å². The lowest BCUT2D eigenvalue weighted by molar-refractivity contribution is -0.147. The van der Waals surface area contributed by atoms with E-state index in [4.69, 9.17) is 14.5 Å². The van der Waals surface area contributed by atoms with Crippen molar-refractivity contribution in [1.82, 2.24) is 0 Å². The Balaban J connectivity index is 1.80. The van der Waals surface area contributed by atoms with Gasteiger partial charge in [-0.2, -0.15) is 0 Å². The molecule has 0 saturated carbocycles. The molecule has 3 atom stereocenters. The number of aromatic hydroxyl groups is 1. The number of carbonyl (C=O) groups is 2. The summed E-state index contributed by atoms with van der Waals surface area (Å²) < 4.78 is 10.9. The van der Waals surface area contributed by atoms with Crippen LogP contribution in [-0.2, 0) is 14.3 Å². The SMILES string of the molecule is COc1cc([C@H]2C3=C(C[C@@H](c4ccccc4)CC3=O)N=C(C)C2C(=O)OCC(C)C)ccc1O. The summed E-state index contributed by atoms with van der Waals surface area (Å²) in [6.45, 7) is 6.08. The fraction of sp³-hybridized carbons (Fsp3) is 0.393. The lowest BCUT2D eigenvalue weighted by Crippen LogP contribution is -2.38. The molecule has 0 radical (unpaired) electrons. The van der Waals surface area contributed by atoms with Gasteiger partial charge >= 0.3 is 5.97 Å². The van der Waals surface area contributed by atoms with Crippen LogP contribution >= 0.6 is 0 Å². The summed E-state index contributed by atoms with van der Waals surface area (Å²) in [7, 11) is 1.47. The van der Waals surface area contributed by atoms with E-state index in [1.807, 2.05) is 51.1 Å². The number of nitrogens with zero attached hydrogens (tertiary/aromatic N) is 1. The molecule has 2 aromatic carbocycles. The van der Waals surface area contributed by atoms with Crippen LogP contribution in [0.15, 0.2) is 64.8 Å². The van der Waals surface area contributed by atoms with Crippen LogP contribution in [0.3, 0.4) is 0 Å². The molecule has 0 amide bonds. The van der Waals surface area contributed by atoms with Crippen molar-refractivity contribution in [3.8, 4) is 11.5 Å². The van der Waals surface area contributed by atoms with Gasteiger partial charge in [-0.3, -0.25) is 14.6 Å². The Morgan fingerprint density at radius 1 is 1.12 bits per heavy atom. The van der Waals surface area contributed by atoms with Gasteiger partial charge in [0, 0.05) is 29.3 Å². The Hall–Kier alpha value is -3.41. The molecule has 0 fully saturated rings. The molecule has 6 heteroatoms. The van der Waals surface area contributed by atoms with E-state index >= 15 is 0 Å². The van der Waals surface area contributed by atoms with E-state index in [0.29, 0.717) is 36.5 Å². The lowest BCUT2D eigenvalue weighted by Gasteiger charge is -2.36. The molecule has 34 heavy (non-hydrogen) atoms. The zero-order valence-corrected chi connectivity index (χ0v) is 20.1. The molecule has 0 saturated heterocycles. The highest BCUT2D eigenvalue weighted by Crippen LogP contribution is 2.47. The van der Waals surface area contributed by atoms with Crippen molar-refractivity contribution < 1.29 is 24.2 Å². The first-order valence-electron chi connectivity index (χ1n) is 11.7. The van der Waals surface area contributed by atoms with Gasteiger partial charge in [0.05, 0.1) is 13.7 Å². The molecule has 2 aromatic rings. The van der Waals surface area contributed by atoms with E-state index in [1.165, 1.54) is 13.2 Å². The first kappa shape index (κ1) is 23.7. The second kappa shape index (κ2) is 9.84.